The van der Waals surface area contributed by atoms with Crippen LogP contribution in [0.1, 0.15) is 35.4 Å². The smallest absolute Gasteiger partial charge is 0.163 e. The van der Waals surface area contributed by atoms with Gasteiger partial charge in [0.2, 0.25) is 0 Å². The highest BCUT2D eigenvalue weighted by Gasteiger charge is 2.20. The van der Waals surface area contributed by atoms with E-state index in [1.165, 1.54) is 0 Å². The number of hydrogen-bond donors (Lipinski definition) is 1. The van der Waals surface area contributed by atoms with Gasteiger partial charge in [-0.1, -0.05) is 19.1 Å². The number of aryl methyl sites for hydroxylation is 1. The second-order valence-corrected chi connectivity index (χ2v) is 5.64. The normalized spacial score (nSPS) is 12.6. The maximum atomic E-state index is 14.0. The summed E-state index contributed by atoms with van der Waals surface area (Å²) in [6.45, 7) is 4.81. The molecule has 0 aliphatic rings. The molecular weight excluding hydrogens is 264 g/mol. The number of hydrogen-bond acceptors (Lipinski definition) is 2. The van der Waals surface area contributed by atoms with Gasteiger partial charge in [-0.25, -0.2) is 8.78 Å². The number of nitrogens with one attached hydrogen (secondary N) is 1. The lowest BCUT2D eigenvalue weighted by Crippen LogP contribution is -2.24. The lowest BCUT2D eigenvalue weighted by Gasteiger charge is -2.19. The molecule has 4 heteroatoms. The largest absolute Gasteiger partial charge is 0.306 e. The molecule has 0 radical (unpaired) electrons. The molecule has 0 fully saturated rings. The quantitative estimate of drug-likeness (QED) is 0.855. The van der Waals surface area contributed by atoms with Crippen molar-refractivity contribution < 1.29 is 8.78 Å². The minimum absolute atomic E-state index is 0.291. The molecule has 1 aromatic heterocycles. The van der Waals surface area contributed by atoms with Gasteiger partial charge in [-0.15, -0.1) is 11.3 Å². The highest BCUT2D eigenvalue weighted by Crippen LogP contribution is 2.28. The molecule has 2 rings (SSSR count). The summed E-state index contributed by atoms with van der Waals surface area (Å²) in [7, 11) is 0. The second kappa shape index (κ2) is 6.26. The van der Waals surface area contributed by atoms with E-state index in [4.69, 9.17) is 0 Å². The lowest BCUT2D eigenvalue weighted by atomic mass is 10.00. The highest BCUT2D eigenvalue weighted by atomic mass is 32.1. The van der Waals surface area contributed by atoms with Crippen molar-refractivity contribution >= 4 is 11.3 Å². The zero-order chi connectivity index (χ0) is 13.8. The molecule has 0 bridgehead atoms. The zero-order valence-corrected chi connectivity index (χ0v) is 11.9. The molecular formula is C15H17F2NS. The number of rotatable bonds is 5. The summed E-state index contributed by atoms with van der Waals surface area (Å²) in [6.07, 6.45) is 0.941. The molecule has 0 spiro atoms. The summed E-state index contributed by atoms with van der Waals surface area (Å²) < 4.78 is 27.3. The van der Waals surface area contributed by atoms with Crippen LogP contribution in [-0.4, -0.2) is 6.54 Å². The van der Waals surface area contributed by atoms with Crippen molar-refractivity contribution in [3.05, 3.63) is 57.3 Å². The van der Waals surface area contributed by atoms with Crippen molar-refractivity contribution in [2.45, 2.75) is 26.3 Å². The van der Waals surface area contributed by atoms with Gasteiger partial charge >= 0.3 is 0 Å². The summed E-state index contributed by atoms with van der Waals surface area (Å²) in [6, 6.07) is 6.06. The summed E-state index contributed by atoms with van der Waals surface area (Å²) in [4.78, 5) is 1.16. The van der Waals surface area contributed by atoms with E-state index < -0.39 is 11.6 Å². The number of benzene rings is 1. The molecule has 1 heterocycles. The Labute approximate surface area is 116 Å². The first-order valence-corrected chi connectivity index (χ1v) is 7.23. The molecule has 0 amide bonds. The van der Waals surface area contributed by atoms with Crippen LogP contribution in [0.15, 0.2) is 29.6 Å². The Morgan fingerprint density at radius 1 is 1.32 bits per heavy atom. The van der Waals surface area contributed by atoms with Crippen molar-refractivity contribution in [1.82, 2.24) is 5.32 Å². The third kappa shape index (κ3) is 3.19. The van der Waals surface area contributed by atoms with E-state index >= 15 is 0 Å². The van der Waals surface area contributed by atoms with Crippen molar-refractivity contribution in [2.24, 2.45) is 0 Å². The van der Waals surface area contributed by atoms with Crippen LogP contribution in [0.5, 0.6) is 0 Å². The van der Waals surface area contributed by atoms with Gasteiger partial charge in [-0.2, -0.15) is 0 Å². The third-order valence-electron chi connectivity index (χ3n) is 2.98. The third-order valence-corrected chi connectivity index (χ3v) is 3.85. The van der Waals surface area contributed by atoms with E-state index in [-0.39, 0.29) is 6.04 Å². The molecule has 2 aromatic rings. The Kier molecular flexibility index (Phi) is 4.66. The van der Waals surface area contributed by atoms with Crippen LogP contribution in [0.4, 0.5) is 8.78 Å². The van der Waals surface area contributed by atoms with Gasteiger partial charge in [0, 0.05) is 10.4 Å². The Morgan fingerprint density at radius 3 is 2.74 bits per heavy atom. The van der Waals surface area contributed by atoms with Crippen LogP contribution in [0.2, 0.25) is 0 Å². The molecule has 0 aliphatic heterocycles. The van der Waals surface area contributed by atoms with Gasteiger partial charge in [0.15, 0.2) is 11.6 Å². The molecule has 0 saturated carbocycles. The first-order valence-electron chi connectivity index (χ1n) is 6.35. The van der Waals surface area contributed by atoms with Gasteiger partial charge in [0.1, 0.15) is 0 Å². The average molecular weight is 281 g/mol. The minimum Gasteiger partial charge on any atom is -0.306 e. The van der Waals surface area contributed by atoms with E-state index in [0.29, 0.717) is 5.56 Å². The Balaban J connectivity index is 2.39. The van der Waals surface area contributed by atoms with Gasteiger partial charge in [0.25, 0.3) is 0 Å². The number of thiophene rings is 1. The van der Waals surface area contributed by atoms with Crippen LogP contribution in [-0.2, 0) is 0 Å². The minimum atomic E-state index is -0.798. The van der Waals surface area contributed by atoms with Crippen LogP contribution in [0.3, 0.4) is 0 Å². The molecule has 1 nitrogen and oxygen atoms in total. The van der Waals surface area contributed by atoms with E-state index in [1.807, 2.05) is 25.3 Å². The first-order chi connectivity index (χ1) is 9.13. The number of halogens is 2. The molecule has 1 atom stereocenters. The molecule has 1 aromatic carbocycles. The summed E-state index contributed by atoms with van der Waals surface area (Å²) in [5, 5.41) is 5.28. The van der Waals surface area contributed by atoms with E-state index in [2.05, 4.69) is 5.32 Å². The van der Waals surface area contributed by atoms with Gasteiger partial charge in [-0.3, -0.25) is 0 Å². The molecule has 1 N–H and O–H groups in total. The van der Waals surface area contributed by atoms with Gasteiger partial charge < -0.3 is 5.32 Å². The van der Waals surface area contributed by atoms with E-state index in [1.54, 1.807) is 23.5 Å². The summed E-state index contributed by atoms with van der Waals surface area (Å²) in [5.41, 5.74) is 1.35. The monoisotopic (exact) mass is 281 g/mol. The van der Waals surface area contributed by atoms with Crippen LogP contribution >= 0.6 is 11.3 Å². The van der Waals surface area contributed by atoms with E-state index in [0.717, 1.165) is 29.5 Å². The average Bonchev–Trinajstić information content (AvgIpc) is 2.81. The van der Waals surface area contributed by atoms with Crippen molar-refractivity contribution in [3.63, 3.8) is 0 Å². The summed E-state index contributed by atoms with van der Waals surface area (Å²) in [5.74, 6) is -1.56. The summed E-state index contributed by atoms with van der Waals surface area (Å²) >= 11 is 1.61. The maximum Gasteiger partial charge on any atom is 0.163 e. The predicted molar refractivity (Wildman–Crippen MR) is 75.6 cm³/mol. The topological polar surface area (TPSA) is 12.0 Å². The van der Waals surface area contributed by atoms with Gasteiger partial charge in [-0.05, 0) is 43.0 Å². The van der Waals surface area contributed by atoms with E-state index in [9.17, 15) is 8.78 Å². The lowest BCUT2D eigenvalue weighted by molar-refractivity contribution is 0.480. The van der Waals surface area contributed by atoms with Crippen molar-refractivity contribution in [1.29, 1.82) is 0 Å². The first kappa shape index (κ1) is 14.2. The van der Waals surface area contributed by atoms with Crippen LogP contribution in [0, 0.1) is 18.6 Å². The predicted octanol–water partition coefficient (Wildman–Crippen LogP) is 4.42. The maximum absolute atomic E-state index is 14.0. The van der Waals surface area contributed by atoms with Gasteiger partial charge in [0.05, 0.1) is 6.04 Å². The molecule has 1 unspecified atom stereocenters. The van der Waals surface area contributed by atoms with Crippen LogP contribution < -0.4 is 5.32 Å². The fraction of sp³-hybridized carbons (Fsp3) is 0.333. The van der Waals surface area contributed by atoms with Crippen molar-refractivity contribution in [2.75, 3.05) is 6.54 Å². The molecule has 19 heavy (non-hydrogen) atoms. The van der Waals surface area contributed by atoms with Crippen molar-refractivity contribution in [3.8, 4) is 0 Å². The molecule has 0 aliphatic carbocycles. The second-order valence-electron chi connectivity index (χ2n) is 4.52. The highest BCUT2D eigenvalue weighted by molar-refractivity contribution is 7.10. The zero-order valence-electron chi connectivity index (χ0n) is 11.0. The Hall–Kier alpha value is -1.26. The Morgan fingerprint density at radius 2 is 2.11 bits per heavy atom. The molecule has 0 saturated heterocycles. The SMILES string of the molecule is CCCNC(c1csc(C)c1)c1cccc(F)c1F. The van der Waals surface area contributed by atoms with Crippen LogP contribution in [0.25, 0.3) is 0 Å². The fourth-order valence-electron chi connectivity index (χ4n) is 2.05. The Bertz CT molecular complexity index is 551. The molecule has 102 valence electrons. The standard InChI is InChI=1S/C15H17F2NS/c1-3-7-18-15(11-8-10(2)19-9-11)12-5-4-6-13(16)14(12)17/h4-6,8-9,15,18H,3,7H2,1-2H3. The fourth-order valence-corrected chi connectivity index (χ4v) is 2.78.